The van der Waals surface area contributed by atoms with Gasteiger partial charge in [0, 0.05) is 13.0 Å². The van der Waals surface area contributed by atoms with E-state index < -0.39 is 10.0 Å². The number of hydrogen-bond acceptors (Lipinski definition) is 5. The first kappa shape index (κ1) is 23.6. The van der Waals surface area contributed by atoms with Crippen molar-refractivity contribution in [2.75, 3.05) is 6.54 Å². The van der Waals surface area contributed by atoms with E-state index in [4.69, 9.17) is 0 Å². The molecule has 0 aliphatic rings. The van der Waals surface area contributed by atoms with Gasteiger partial charge in [-0.15, -0.1) is 0 Å². The molecule has 0 fully saturated rings. The highest BCUT2D eigenvalue weighted by Gasteiger charge is 2.18. The van der Waals surface area contributed by atoms with Crippen molar-refractivity contribution < 1.29 is 13.2 Å². The van der Waals surface area contributed by atoms with E-state index in [1.807, 2.05) is 43.3 Å². The molecule has 1 unspecified atom stereocenters. The number of hydrogen-bond donors (Lipinski definition) is 2. The second-order valence-electron chi connectivity index (χ2n) is 8.64. The van der Waals surface area contributed by atoms with E-state index in [2.05, 4.69) is 40.9 Å². The minimum Gasteiger partial charge on any atom is -0.350 e. The number of nitrogens with zero attached hydrogens (tertiary/aromatic N) is 3. The molecule has 0 saturated heterocycles. The van der Waals surface area contributed by atoms with E-state index in [1.54, 1.807) is 23.1 Å². The Labute approximate surface area is 189 Å². The Balaban J connectivity index is 1.50. The molecule has 170 valence electrons. The van der Waals surface area contributed by atoms with Gasteiger partial charge in [-0.3, -0.25) is 4.79 Å². The SMILES string of the molecule is CC(NC(=O)CCNS(=O)(=O)c1ccc(C(C)(C)C)cc1)c1ccc(-n2cncn2)cc1. The molecule has 1 atom stereocenters. The van der Waals surface area contributed by atoms with Crippen molar-refractivity contribution in [1.29, 1.82) is 0 Å². The third kappa shape index (κ3) is 6.02. The summed E-state index contributed by atoms with van der Waals surface area (Å²) < 4.78 is 29.1. The summed E-state index contributed by atoms with van der Waals surface area (Å²) in [5.41, 5.74) is 2.80. The highest BCUT2D eigenvalue weighted by atomic mass is 32.2. The van der Waals surface area contributed by atoms with Crippen LogP contribution in [0.1, 0.15) is 51.3 Å². The predicted molar refractivity (Wildman–Crippen MR) is 123 cm³/mol. The Hall–Kier alpha value is -3.04. The first-order valence-electron chi connectivity index (χ1n) is 10.4. The standard InChI is InChI=1S/C23H29N5O3S/c1-17(18-5-9-20(10-6-18)28-16-24-15-25-28)27-22(29)13-14-26-32(30,31)21-11-7-19(8-12-21)23(2,3)4/h5-12,15-17,26H,13-14H2,1-4H3,(H,27,29). The zero-order valence-corrected chi connectivity index (χ0v) is 19.6. The first-order chi connectivity index (χ1) is 15.1. The van der Waals surface area contributed by atoms with Gasteiger partial charge >= 0.3 is 0 Å². The Morgan fingerprint density at radius 1 is 1.06 bits per heavy atom. The molecule has 9 heteroatoms. The molecule has 1 heterocycles. The third-order valence-corrected chi connectivity index (χ3v) is 6.61. The summed E-state index contributed by atoms with van der Waals surface area (Å²) in [7, 11) is -3.67. The Morgan fingerprint density at radius 2 is 1.72 bits per heavy atom. The van der Waals surface area contributed by atoms with Gasteiger partial charge in [0.25, 0.3) is 0 Å². The molecule has 1 aromatic heterocycles. The largest absolute Gasteiger partial charge is 0.350 e. The maximum atomic E-state index is 12.5. The summed E-state index contributed by atoms with van der Waals surface area (Å²) >= 11 is 0. The molecule has 8 nitrogen and oxygen atoms in total. The molecule has 2 aromatic carbocycles. The van der Waals surface area contributed by atoms with Crippen LogP contribution in [0.15, 0.2) is 66.1 Å². The molecule has 0 aliphatic carbocycles. The summed E-state index contributed by atoms with van der Waals surface area (Å²) in [6.07, 6.45) is 3.12. The minimum atomic E-state index is -3.67. The fourth-order valence-electron chi connectivity index (χ4n) is 3.17. The van der Waals surface area contributed by atoms with Crippen molar-refractivity contribution >= 4 is 15.9 Å². The second kappa shape index (κ2) is 9.62. The van der Waals surface area contributed by atoms with Crippen LogP contribution in [0.2, 0.25) is 0 Å². The van der Waals surface area contributed by atoms with E-state index in [1.165, 1.54) is 6.33 Å². The van der Waals surface area contributed by atoms with Crippen LogP contribution in [-0.4, -0.2) is 35.6 Å². The quantitative estimate of drug-likeness (QED) is 0.543. The maximum Gasteiger partial charge on any atom is 0.240 e. The number of rotatable bonds is 8. The van der Waals surface area contributed by atoms with Crippen LogP contribution < -0.4 is 10.0 Å². The van der Waals surface area contributed by atoms with Crippen LogP contribution in [0.4, 0.5) is 0 Å². The van der Waals surface area contributed by atoms with Crippen molar-refractivity contribution in [2.45, 2.75) is 50.5 Å². The van der Waals surface area contributed by atoms with Gasteiger partial charge in [-0.05, 0) is 47.7 Å². The minimum absolute atomic E-state index is 0.0210. The number of sulfonamides is 1. The number of carbonyl (C=O) groups is 1. The molecular formula is C23H29N5O3S. The van der Waals surface area contributed by atoms with Crippen molar-refractivity contribution in [1.82, 2.24) is 24.8 Å². The molecule has 0 aliphatic heterocycles. The summed E-state index contributed by atoms with van der Waals surface area (Å²) in [6.45, 7) is 8.11. The molecule has 1 amide bonds. The van der Waals surface area contributed by atoms with E-state index in [-0.39, 0.29) is 35.2 Å². The van der Waals surface area contributed by atoms with Gasteiger partial charge in [0.15, 0.2) is 0 Å². The topological polar surface area (TPSA) is 106 Å². The summed E-state index contributed by atoms with van der Waals surface area (Å²) in [6, 6.07) is 14.2. The van der Waals surface area contributed by atoms with Crippen LogP contribution in [0, 0.1) is 0 Å². The average Bonchev–Trinajstić information content (AvgIpc) is 3.28. The number of aromatic nitrogens is 3. The predicted octanol–water partition coefficient (Wildman–Crippen LogP) is 3.11. The summed E-state index contributed by atoms with van der Waals surface area (Å²) in [4.78, 5) is 16.4. The van der Waals surface area contributed by atoms with E-state index in [9.17, 15) is 13.2 Å². The van der Waals surface area contributed by atoms with Gasteiger partial charge in [-0.1, -0.05) is 45.0 Å². The van der Waals surface area contributed by atoms with Gasteiger partial charge in [-0.2, -0.15) is 5.10 Å². The first-order valence-corrected chi connectivity index (χ1v) is 11.9. The van der Waals surface area contributed by atoms with Gasteiger partial charge < -0.3 is 5.32 Å². The van der Waals surface area contributed by atoms with Gasteiger partial charge in [0.2, 0.25) is 15.9 Å². The molecule has 0 radical (unpaired) electrons. The molecule has 32 heavy (non-hydrogen) atoms. The molecule has 0 bridgehead atoms. The molecule has 3 rings (SSSR count). The lowest BCUT2D eigenvalue weighted by Gasteiger charge is -2.19. The molecule has 2 N–H and O–H groups in total. The summed E-state index contributed by atoms with van der Waals surface area (Å²) in [5.74, 6) is -0.233. The summed E-state index contributed by atoms with van der Waals surface area (Å²) in [5, 5.41) is 6.97. The fourth-order valence-corrected chi connectivity index (χ4v) is 4.20. The smallest absolute Gasteiger partial charge is 0.240 e. The van der Waals surface area contributed by atoms with Crippen molar-refractivity contribution in [3.63, 3.8) is 0 Å². The third-order valence-electron chi connectivity index (χ3n) is 5.13. The van der Waals surface area contributed by atoms with Gasteiger partial charge in [0.05, 0.1) is 16.6 Å². The average molecular weight is 456 g/mol. The maximum absolute atomic E-state index is 12.5. The zero-order chi connectivity index (χ0) is 23.4. The number of amides is 1. The van der Waals surface area contributed by atoms with Gasteiger partial charge in [0.1, 0.15) is 12.7 Å². The normalized spacial score (nSPS) is 13.0. The molecule has 0 saturated carbocycles. The van der Waals surface area contributed by atoms with Crippen molar-refractivity contribution in [2.24, 2.45) is 0 Å². The zero-order valence-electron chi connectivity index (χ0n) is 18.7. The van der Waals surface area contributed by atoms with Crippen LogP contribution in [0.25, 0.3) is 5.69 Å². The van der Waals surface area contributed by atoms with E-state index >= 15 is 0 Å². The van der Waals surface area contributed by atoms with Crippen LogP contribution in [-0.2, 0) is 20.2 Å². The number of nitrogens with one attached hydrogen (secondary N) is 2. The Kier molecular flexibility index (Phi) is 7.10. The highest BCUT2D eigenvalue weighted by molar-refractivity contribution is 7.89. The van der Waals surface area contributed by atoms with Crippen LogP contribution in [0.5, 0.6) is 0 Å². The molecular weight excluding hydrogens is 426 g/mol. The number of carbonyl (C=O) groups excluding carboxylic acids is 1. The number of benzene rings is 2. The van der Waals surface area contributed by atoms with E-state index in [0.29, 0.717) is 0 Å². The highest BCUT2D eigenvalue weighted by Crippen LogP contribution is 2.23. The monoisotopic (exact) mass is 455 g/mol. The second-order valence-corrected chi connectivity index (χ2v) is 10.4. The van der Waals surface area contributed by atoms with Crippen molar-refractivity contribution in [3.05, 3.63) is 72.3 Å². The lowest BCUT2D eigenvalue weighted by atomic mass is 9.87. The van der Waals surface area contributed by atoms with Crippen LogP contribution in [0.3, 0.4) is 0 Å². The van der Waals surface area contributed by atoms with Crippen molar-refractivity contribution in [3.8, 4) is 5.69 Å². The van der Waals surface area contributed by atoms with E-state index in [0.717, 1.165) is 16.8 Å². The lowest BCUT2D eigenvalue weighted by molar-refractivity contribution is -0.121. The molecule has 3 aromatic rings. The fraction of sp³-hybridized carbons (Fsp3) is 0.348. The Bertz CT molecular complexity index is 1130. The molecule has 0 spiro atoms. The van der Waals surface area contributed by atoms with Gasteiger partial charge in [-0.25, -0.2) is 22.8 Å². The van der Waals surface area contributed by atoms with Crippen LogP contribution >= 0.6 is 0 Å². The lowest BCUT2D eigenvalue weighted by Crippen LogP contribution is -2.32. The Morgan fingerprint density at radius 3 is 2.28 bits per heavy atom.